The second-order valence-corrected chi connectivity index (χ2v) is 17.8. The fourth-order valence-corrected chi connectivity index (χ4v) is 6.86. The van der Waals surface area contributed by atoms with Crippen molar-refractivity contribution in [3.8, 4) is 0 Å². The number of unbranched alkanes of at least 4 members (excludes halogenated alkanes) is 26. The van der Waals surface area contributed by atoms with Gasteiger partial charge in [0.2, 0.25) is 0 Å². The van der Waals surface area contributed by atoms with Crippen LogP contribution in [0.1, 0.15) is 254 Å². The summed E-state index contributed by atoms with van der Waals surface area (Å²) in [5, 5.41) is 2.99. The van der Waals surface area contributed by atoms with Crippen LogP contribution in [0.25, 0.3) is 0 Å². The van der Waals surface area contributed by atoms with Crippen LogP contribution in [0.5, 0.6) is 0 Å². The molecule has 0 fully saturated rings. The minimum atomic E-state index is -0.351. The Morgan fingerprint density at radius 2 is 0.887 bits per heavy atom. The number of allylic oxidation sites excluding steroid dienone is 2. The lowest BCUT2D eigenvalue weighted by Gasteiger charge is -2.30. The molecular formula is C48H95NO4. The first-order chi connectivity index (χ1) is 25.6. The highest BCUT2D eigenvalue weighted by molar-refractivity contribution is 5.67. The van der Waals surface area contributed by atoms with Crippen LogP contribution in [-0.4, -0.2) is 43.2 Å². The van der Waals surface area contributed by atoms with E-state index in [1.165, 1.54) is 173 Å². The maximum absolute atomic E-state index is 12.8. The summed E-state index contributed by atoms with van der Waals surface area (Å²) in [5.74, 6) is 0. The van der Waals surface area contributed by atoms with Crippen LogP contribution in [0, 0.1) is 0 Å². The summed E-state index contributed by atoms with van der Waals surface area (Å²) in [4.78, 5) is 12.8. The molecule has 53 heavy (non-hydrogen) atoms. The molecule has 0 radical (unpaired) electrons. The lowest BCUT2D eigenvalue weighted by atomic mass is 10.0. The molecule has 316 valence electrons. The van der Waals surface area contributed by atoms with Crippen LogP contribution in [0.4, 0.5) is 4.79 Å². The van der Waals surface area contributed by atoms with Crippen LogP contribution in [0.3, 0.4) is 0 Å². The number of carbonyl (C=O) groups excluding carboxylic acids is 1. The number of rotatable bonds is 40. The number of alkyl carbamates (subject to hydrolysis) is 1. The molecule has 0 aromatic carbocycles. The summed E-state index contributed by atoms with van der Waals surface area (Å²) in [6.45, 7) is 16.6. The molecule has 0 aliphatic carbocycles. The molecule has 0 aliphatic heterocycles. The topological polar surface area (TPSA) is 56.8 Å². The van der Waals surface area contributed by atoms with Gasteiger partial charge in [-0.2, -0.15) is 0 Å². The molecule has 0 aromatic heterocycles. The molecule has 0 bridgehead atoms. The Labute approximate surface area is 332 Å². The van der Waals surface area contributed by atoms with E-state index >= 15 is 0 Å². The molecule has 1 unspecified atom stereocenters. The summed E-state index contributed by atoms with van der Waals surface area (Å²) < 4.78 is 17.9. The third kappa shape index (κ3) is 41.9. The summed E-state index contributed by atoms with van der Waals surface area (Å²) in [5.41, 5.74) is -0.533. The molecule has 1 N–H and O–H groups in total. The SMILES string of the molecule is CCCCCCCC/C=C\CCCCCCCC(CCCCCCCCCCCCCCCCCC)OC(=O)NCCCOC(C)(C)COC(C)(C)C. The third-order valence-electron chi connectivity index (χ3n) is 10.4. The quantitative estimate of drug-likeness (QED) is 0.0501. The van der Waals surface area contributed by atoms with Crippen molar-refractivity contribution in [1.82, 2.24) is 5.32 Å². The molecule has 0 saturated carbocycles. The normalized spacial score (nSPS) is 12.9. The highest BCUT2D eigenvalue weighted by Gasteiger charge is 2.22. The molecule has 0 saturated heterocycles. The monoisotopic (exact) mass is 750 g/mol. The second kappa shape index (κ2) is 37.8. The highest BCUT2D eigenvalue weighted by Crippen LogP contribution is 2.19. The van der Waals surface area contributed by atoms with Gasteiger partial charge in [-0.1, -0.05) is 174 Å². The average molecular weight is 750 g/mol. The molecular weight excluding hydrogens is 655 g/mol. The highest BCUT2D eigenvalue weighted by atomic mass is 16.6. The zero-order chi connectivity index (χ0) is 39.1. The molecule has 1 atom stereocenters. The van der Waals surface area contributed by atoms with Crippen LogP contribution in [0.2, 0.25) is 0 Å². The first-order valence-electron chi connectivity index (χ1n) is 23.5. The molecule has 0 heterocycles. The largest absolute Gasteiger partial charge is 0.446 e. The zero-order valence-electron chi connectivity index (χ0n) is 37.1. The van der Waals surface area contributed by atoms with Gasteiger partial charge in [0.05, 0.1) is 17.8 Å². The first kappa shape index (κ1) is 51.9. The molecule has 5 heteroatoms. The standard InChI is InChI=1S/C48H95NO4/c1-8-10-12-14-16-18-20-22-24-26-28-30-32-34-36-38-41-45(40-37-35-33-31-29-27-25-23-21-19-17-15-13-11-9-2)53-46(50)49-42-39-43-51-48(6,7)44-52-47(3,4)5/h23,25,45H,8-22,24,26-44H2,1-7H3,(H,49,50)/b25-23-. The van der Waals surface area contributed by atoms with Crippen molar-refractivity contribution in [1.29, 1.82) is 0 Å². The lowest BCUT2D eigenvalue weighted by molar-refractivity contribution is -0.114. The fraction of sp³-hybridized carbons (Fsp3) is 0.938. The molecule has 0 aromatic rings. The molecule has 1 amide bonds. The minimum Gasteiger partial charge on any atom is -0.446 e. The molecule has 0 aliphatic rings. The summed E-state index contributed by atoms with van der Waals surface area (Å²) >= 11 is 0. The van der Waals surface area contributed by atoms with E-state index in [9.17, 15) is 4.79 Å². The van der Waals surface area contributed by atoms with Crippen LogP contribution < -0.4 is 5.32 Å². The van der Waals surface area contributed by atoms with E-state index in [4.69, 9.17) is 14.2 Å². The summed E-state index contributed by atoms with van der Waals surface area (Å²) in [6.07, 6.45) is 46.3. The maximum atomic E-state index is 12.8. The summed E-state index contributed by atoms with van der Waals surface area (Å²) in [6, 6.07) is 0. The van der Waals surface area contributed by atoms with E-state index < -0.39 is 0 Å². The van der Waals surface area contributed by atoms with E-state index in [2.05, 4.69) is 65.9 Å². The van der Waals surface area contributed by atoms with E-state index in [0.717, 1.165) is 32.1 Å². The van der Waals surface area contributed by atoms with Crippen molar-refractivity contribution in [2.45, 2.75) is 271 Å². The molecule has 5 nitrogen and oxygen atoms in total. The number of ether oxygens (including phenoxy) is 3. The Kier molecular flexibility index (Phi) is 37.1. The second-order valence-electron chi connectivity index (χ2n) is 17.8. The number of hydrogen-bond acceptors (Lipinski definition) is 4. The van der Waals surface area contributed by atoms with Gasteiger partial charge in [0.25, 0.3) is 0 Å². The van der Waals surface area contributed by atoms with Crippen molar-refractivity contribution in [3.63, 3.8) is 0 Å². The minimum absolute atomic E-state index is 0.0243. The number of carbonyl (C=O) groups is 1. The zero-order valence-corrected chi connectivity index (χ0v) is 37.1. The van der Waals surface area contributed by atoms with Crippen molar-refractivity contribution in [2.24, 2.45) is 0 Å². The molecule has 0 spiro atoms. The van der Waals surface area contributed by atoms with Crippen molar-refractivity contribution >= 4 is 6.09 Å². The van der Waals surface area contributed by atoms with E-state index in [1.54, 1.807) is 0 Å². The van der Waals surface area contributed by atoms with Crippen molar-refractivity contribution in [3.05, 3.63) is 12.2 Å². The van der Waals surface area contributed by atoms with Crippen LogP contribution >= 0.6 is 0 Å². The Hall–Kier alpha value is -1.07. The van der Waals surface area contributed by atoms with Gasteiger partial charge in [-0.25, -0.2) is 4.79 Å². The predicted molar refractivity (Wildman–Crippen MR) is 232 cm³/mol. The number of nitrogens with one attached hydrogen (secondary N) is 1. The number of amides is 1. The van der Waals surface area contributed by atoms with Crippen LogP contribution in [0.15, 0.2) is 12.2 Å². The van der Waals surface area contributed by atoms with Crippen molar-refractivity contribution < 1.29 is 19.0 Å². The predicted octanol–water partition coefficient (Wildman–Crippen LogP) is 15.8. The van der Waals surface area contributed by atoms with Crippen molar-refractivity contribution in [2.75, 3.05) is 19.8 Å². The fourth-order valence-electron chi connectivity index (χ4n) is 6.86. The van der Waals surface area contributed by atoms with Gasteiger partial charge < -0.3 is 19.5 Å². The van der Waals surface area contributed by atoms with Gasteiger partial charge in [0.1, 0.15) is 6.10 Å². The van der Waals surface area contributed by atoms with Gasteiger partial charge >= 0.3 is 6.09 Å². The summed E-state index contributed by atoms with van der Waals surface area (Å²) in [7, 11) is 0. The lowest BCUT2D eigenvalue weighted by Crippen LogP contribution is -2.36. The first-order valence-corrected chi connectivity index (χ1v) is 23.5. The molecule has 0 rings (SSSR count). The van der Waals surface area contributed by atoms with E-state index in [1.807, 2.05) is 0 Å². The van der Waals surface area contributed by atoms with Gasteiger partial charge in [-0.15, -0.1) is 0 Å². The number of hydrogen-bond donors (Lipinski definition) is 1. The van der Waals surface area contributed by atoms with Gasteiger partial charge in [-0.05, 0) is 92.4 Å². The Balaban J connectivity index is 4.26. The van der Waals surface area contributed by atoms with E-state index in [-0.39, 0.29) is 23.4 Å². The maximum Gasteiger partial charge on any atom is 0.407 e. The van der Waals surface area contributed by atoms with E-state index in [0.29, 0.717) is 19.8 Å². The third-order valence-corrected chi connectivity index (χ3v) is 10.4. The van der Waals surface area contributed by atoms with Crippen LogP contribution in [-0.2, 0) is 14.2 Å². The Morgan fingerprint density at radius 1 is 0.509 bits per heavy atom. The van der Waals surface area contributed by atoms with Gasteiger partial charge in [0, 0.05) is 13.2 Å². The Morgan fingerprint density at radius 3 is 1.28 bits per heavy atom. The average Bonchev–Trinajstić information content (AvgIpc) is 3.11. The van der Waals surface area contributed by atoms with Gasteiger partial charge in [-0.3, -0.25) is 0 Å². The smallest absolute Gasteiger partial charge is 0.407 e. The Bertz CT molecular complexity index is 789. The van der Waals surface area contributed by atoms with Gasteiger partial charge in [0.15, 0.2) is 0 Å².